The fourth-order valence-corrected chi connectivity index (χ4v) is 3.06. The third-order valence-electron chi connectivity index (χ3n) is 4.66. The van der Waals surface area contributed by atoms with Gasteiger partial charge in [-0.05, 0) is 24.1 Å². The van der Waals surface area contributed by atoms with Gasteiger partial charge in [0.15, 0.2) is 11.4 Å². The number of hydrogen-bond acceptors (Lipinski definition) is 4. The van der Waals surface area contributed by atoms with Crippen LogP contribution in [0.25, 0.3) is 5.65 Å². The molecule has 2 amide bonds. The van der Waals surface area contributed by atoms with Crippen LogP contribution in [0, 0.1) is 0 Å². The van der Waals surface area contributed by atoms with E-state index in [-0.39, 0.29) is 18.4 Å². The van der Waals surface area contributed by atoms with Gasteiger partial charge >= 0.3 is 0 Å². The average Bonchev–Trinajstić information content (AvgIpc) is 3.09. The maximum atomic E-state index is 12.4. The van der Waals surface area contributed by atoms with Crippen molar-refractivity contribution in [2.45, 2.75) is 26.9 Å². The highest BCUT2D eigenvalue weighted by Gasteiger charge is 2.25. The zero-order valence-corrected chi connectivity index (χ0v) is 17.3. The SMILES string of the molecule is CCc1nc2c(OCc3ccccc3)cccn2c1N(CC(=O)N(C)C)C(C)=O. The number of fused-ring (bicyclic) bond motifs is 1. The van der Waals surface area contributed by atoms with Crippen molar-refractivity contribution in [2.75, 3.05) is 25.5 Å². The first-order valence-electron chi connectivity index (χ1n) is 9.57. The Hall–Kier alpha value is -3.35. The van der Waals surface area contributed by atoms with Gasteiger partial charge in [0.05, 0.1) is 5.69 Å². The summed E-state index contributed by atoms with van der Waals surface area (Å²) in [4.78, 5) is 32.3. The van der Waals surface area contributed by atoms with Crippen LogP contribution in [0.5, 0.6) is 5.75 Å². The molecule has 0 unspecified atom stereocenters. The highest BCUT2D eigenvalue weighted by atomic mass is 16.5. The molecule has 7 nitrogen and oxygen atoms in total. The molecule has 2 heterocycles. The number of benzene rings is 1. The molecule has 152 valence electrons. The Balaban J connectivity index is 2.01. The molecular weight excluding hydrogens is 368 g/mol. The van der Waals surface area contributed by atoms with E-state index >= 15 is 0 Å². The molecular formula is C22H26N4O3. The van der Waals surface area contributed by atoms with Crippen LogP contribution in [0.1, 0.15) is 25.1 Å². The topological polar surface area (TPSA) is 67.2 Å². The maximum absolute atomic E-state index is 12.4. The third-order valence-corrected chi connectivity index (χ3v) is 4.66. The summed E-state index contributed by atoms with van der Waals surface area (Å²) in [6.07, 6.45) is 2.46. The molecule has 0 radical (unpaired) electrons. The molecule has 0 atom stereocenters. The van der Waals surface area contributed by atoms with Crippen LogP contribution in [0.2, 0.25) is 0 Å². The predicted molar refractivity (Wildman–Crippen MR) is 112 cm³/mol. The first-order chi connectivity index (χ1) is 13.9. The molecule has 0 spiro atoms. The Morgan fingerprint density at radius 1 is 1.10 bits per heavy atom. The van der Waals surface area contributed by atoms with Crippen LogP contribution in [-0.2, 0) is 22.6 Å². The number of anilines is 1. The van der Waals surface area contributed by atoms with Gasteiger partial charge < -0.3 is 9.64 Å². The number of imidazole rings is 1. The van der Waals surface area contributed by atoms with Gasteiger partial charge in [-0.3, -0.25) is 18.9 Å². The summed E-state index contributed by atoms with van der Waals surface area (Å²) in [5.74, 6) is 0.857. The fraction of sp³-hybridized carbons (Fsp3) is 0.318. The van der Waals surface area contributed by atoms with Gasteiger partial charge in [-0.2, -0.15) is 0 Å². The van der Waals surface area contributed by atoms with E-state index in [0.29, 0.717) is 30.2 Å². The van der Waals surface area contributed by atoms with Crippen molar-refractivity contribution >= 4 is 23.3 Å². The molecule has 0 saturated carbocycles. The number of hydrogen-bond donors (Lipinski definition) is 0. The summed E-state index contributed by atoms with van der Waals surface area (Å²) in [7, 11) is 3.34. The lowest BCUT2D eigenvalue weighted by molar-refractivity contribution is -0.129. The molecule has 0 fully saturated rings. The van der Waals surface area contributed by atoms with Crippen molar-refractivity contribution in [3.63, 3.8) is 0 Å². The third kappa shape index (κ3) is 4.39. The van der Waals surface area contributed by atoms with Crippen LogP contribution < -0.4 is 9.64 Å². The Bertz CT molecular complexity index is 1010. The van der Waals surface area contributed by atoms with E-state index < -0.39 is 0 Å². The standard InChI is InChI=1S/C22H26N4O3/c1-5-18-22(26(16(2)27)14-20(28)24(3)4)25-13-9-12-19(21(25)23-18)29-15-17-10-7-6-8-11-17/h6-13H,5,14-15H2,1-4H3. The van der Waals surface area contributed by atoms with Gasteiger partial charge in [-0.1, -0.05) is 37.3 Å². The second kappa shape index (κ2) is 8.77. The van der Waals surface area contributed by atoms with Crippen LogP contribution in [-0.4, -0.2) is 46.7 Å². The number of rotatable bonds is 7. The van der Waals surface area contributed by atoms with Crippen molar-refractivity contribution in [3.05, 3.63) is 59.9 Å². The second-order valence-corrected chi connectivity index (χ2v) is 6.97. The van der Waals surface area contributed by atoms with Crippen molar-refractivity contribution in [3.8, 4) is 5.75 Å². The Labute approximate surface area is 170 Å². The van der Waals surface area contributed by atoms with E-state index in [1.54, 1.807) is 14.1 Å². The zero-order valence-electron chi connectivity index (χ0n) is 17.3. The van der Waals surface area contributed by atoms with Gasteiger partial charge in [-0.25, -0.2) is 4.98 Å². The van der Waals surface area contributed by atoms with Crippen molar-refractivity contribution in [1.29, 1.82) is 0 Å². The van der Waals surface area contributed by atoms with Gasteiger partial charge in [0.2, 0.25) is 11.8 Å². The monoisotopic (exact) mass is 394 g/mol. The molecule has 0 bridgehead atoms. The minimum atomic E-state index is -0.215. The van der Waals surface area contributed by atoms with E-state index in [2.05, 4.69) is 0 Å². The lowest BCUT2D eigenvalue weighted by Gasteiger charge is -2.23. The maximum Gasteiger partial charge on any atom is 0.242 e. The van der Waals surface area contributed by atoms with Gasteiger partial charge in [-0.15, -0.1) is 0 Å². The van der Waals surface area contributed by atoms with Gasteiger partial charge in [0.25, 0.3) is 0 Å². The van der Waals surface area contributed by atoms with E-state index in [1.165, 1.54) is 16.7 Å². The molecule has 0 aliphatic heterocycles. The predicted octanol–water partition coefficient (Wildman–Crippen LogP) is 2.92. The summed E-state index contributed by atoms with van der Waals surface area (Å²) in [6.45, 7) is 3.80. The molecule has 0 N–H and O–H groups in total. The minimum absolute atomic E-state index is 0.0434. The van der Waals surface area contributed by atoms with Crippen molar-refractivity contribution < 1.29 is 14.3 Å². The summed E-state index contributed by atoms with van der Waals surface area (Å²) in [5, 5.41) is 0. The first-order valence-corrected chi connectivity index (χ1v) is 9.57. The zero-order chi connectivity index (χ0) is 21.0. The molecule has 2 aromatic heterocycles. The van der Waals surface area contributed by atoms with E-state index in [4.69, 9.17) is 9.72 Å². The summed E-state index contributed by atoms with van der Waals surface area (Å²) < 4.78 is 7.84. The highest BCUT2D eigenvalue weighted by molar-refractivity contribution is 5.97. The Morgan fingerprint density at radius 3 is 2.45 bits per heavy atom. The van der Waals surface area contributed by atoms with Crippen molar-refractivity contribution in [1.82, 2.24) is 14.3 Å². The number of aryl methyl sites for hydroxylation is 1. The van der Waals surface area contributed by atoms with E-state index in [1.807, 2.05) is 60.0 Å². The Morgan fingerprint density at radius 2 is 1.83 bits per heavy atom. The normalized spacial score (nSPS) is 10.8. The van der Waals surface area contributed by atoms with Crippen LogP contribution in [0.4, 0.5) is 5.82 Å². The van der Waals surface area contributed by atoms with Gasteiger partial charge in [0, 0.05) is 27.2 Å². The molecule has 7 heteroatoms. The van der Waals surface area contributed by atoms with Gasteiger partial charge in [0.1, 0.15) is 19.0 Å². The number of carbonyl (C=O) groups is 2. The highest BCUT2D eigenvalue weighted by Crippen LogP contribution is 2.29. The number of likely N-dealkylation sites (N-methyl/N-ethyl adjacent to an activating group) is 1. The lowest BCUT2D eigenvalue weighted by Crippen LogP contribution is -2.40. The second-order valence-electron chi connectivity index (χ2n) is 6.97. The van der Waals surface area contributed by atoms with E-state index in [9.17, 15) is 9.59 Å². The number of carbonyl (C=O) groups excluding carboxylic acids is 2. The number of pyridine rings is 1. The molecule has 29 heavy (non-hydrogen) atoms. The number of nitrogens with zero attached hydrogens (tertiary/aromatic N) is 4. The molecule has 1 aromatic carbocycles. The number of amides is 2. The fourth-order valence-electron chi connectivity index (χ4n) is 3.06. The van der Waals surface area contributed by atoms with Crippen molar-refractivity contribution in [2.24, 2.45) is 0 Å². The summed E-state index contributed by atoms with van der Waals surface area (Å²) in [5.41, 5.74) is 2.42. The smallest absolute Gasteiger partial charge is 0.242 e. The molecule has 0 saturated heterocycles. The Kier molecular flexibility index (Phi) is 6.16. The largest absolute Gasteiger partial charge is 0.485 e. The van der Waals surface area contributed by atoms with Crippen LogP contribution in [0.15, 0.2) is 48.7 Å². The molecule has 0 aliphatic rings. The lowest BCUT2D eigenvalue weighted by atomic mass is 10.2. The first kappa shape index (κ1) is 20.4. The van der Waals surface area contributed by atoms with E-state index in [0.717, 1.165) is 11.3 Å². The summed E-state index contributed by atoms with van der Waals surface area (Å²) >= 11 is 0. The molecule has 3 aromatic rings. The average molecular weight is 394 g/mol. The van der Waals surface area contributed by atoms with Crippen LogP contribution >= 0.6 is 0 Å². The molecule has 3 rings (SSSR count). The minimum Gasteiger partial charge on any atom is -0.485 e. The number of ether oxygens (including phenoxy) is 1. The quantitative estimate of drug-likeness (QED) is 0.618. The molecule has 0 aliphatic carbocycles. The van der Waals surface area contributed by atoms with Crippen LogP contribution in [0.3, 0.4) is 0 Å². The number of aromatic nitrogens is 2. The summed E-state index contributed by atoms with van der Waals surface area (Å²) in [6, 6.07) is 13.6.